The maximum atomic E-state index is 11.3. The number of hydrogen-bond donors (Lipinski definition) is 2. The van der Waals surface area contributed by atoms with Crippen LogP contribution in [0.4, 0.5) is 0 Å². The highest BCUT2D eigenvalue weighted by Gasteiger charge is 2.41. The van der Waals surface area contributed by atoms with Gasteiger partial charge in [0.2, 0.25) is 5.72 Å². The zero-order valence-corrected chi connectivity index (χ0v) is 8.00. The van der Waals surface area contributed by atoms with Gasteiger partial charge < -0.3 is 9.84 Å². The highest BCUT2D eigenvalue weighted by molar-refractivity contribution is 5.97. The lowest BCUT2D eigenvalue weighted by atomic mass is 10.2. The summed E-state index contributed by atoms with van der Waals surface area (Å²) in [4.78, 5) is 22.3. The first-order chi connectivity index (χ1) is 6.46. The van der Waals surface area contributed by atoms with E-state index in [1.165, 1.54) is 6.92 Å². The number of nitrogens with one attached hydrogen (secondary N) is 1. The van der Waals surface area contributed by atoms with Gasteiger partial charge in [-0.3, -0.25) is 5.32 Å². The van der Waals surface area contributed by atoms with Crippen molar-refractivity contribution in [3.63, 3.8) is 0 Å². The van der Waals surface area contributed by atoms with Crippen LogP contribution in [-0.4, -0.2) is 29.3 Å². The minimum Gasteiger partial charge on any atom is -0.386 e. The molecule has 1 saturated heterocycles. The highest BCUT2D eigenvalue weighted by Crippen LogP contribution is 2.17. The first-order valence-corrected chi connectivity index (χ1v) is 4.35. The minimum atomic E-state index is -1.70. The third-order valence-corrected chi connectivity index (χ3v) is 2.00. The summed E-state index contributed by atoms with van der Waals surface area (Å²) >= 11 is 0. The van der Waals surface area contributed by atoms with E-state index in [1.54, 1.807) is 0 Å². The minimum absolute atomic E-state index is 0.125. The molecular formula is C9H13NO4. The number of esters is 2. The van der Waals surface area contributed by atoms with E-state index in [0.29, 0.717) is 13.0 Å². The predicted molar refractivity (Wildman–Crippen MR) is 48.1 cm³/mol. The molecule has 1 aliphatic heterocycles. The molecule has 5 heteroatoms. The van der Waals surface area contributed by atoms with Crippen LogP contribution in [0.25, 0.3) is 0 Å². The van der Waals surface area contributed by atoms with E-state index in [4.69, 9.17) is 0 Å². The maximum Gasteiger partial charge on any atom is 0.361 e. The molecule has 1 fully saturated rings. The molecular weight excluding hydrogens is 186 g/mol. The molecule has 1 aliphatic rings. The van der Waals surface area contributed by atoms with Gasteiger partial charge in [-0.15, -0.1) is 0 Å². The number of ether oxygens (including phenoxy) is 1. The van der Waals surface area contributed by atoms with Crippen LogP contribution in [0.1, 0.15) is 19.8 Å². The van der Waals surface area contributed by atoms with Crippen LogP contribution in [0.3, 0.4) is 0 Å². The fourth-order valence-electron chi connectivity index (χ4n) is 1.16. The zero-order valence-electron chi connectivity index (χ0n) is 8.00. The van der Waals surface area contributed by atoms with Gasteiger partial charge in [-0.25, -0.2) is 9.59 Å². The van der Waals surface area contributed by atoms with E-state index in [0.717, 1.165) is 0 Å². The summed E-state index contributed by atoms with van der Waals surface area (Å²) in [7, 11) is 0. The van der Waals surface area contributed by atoms with Crippen molar-refractivity contribution in [2.75, 3.05) is 6.54 Å². The van der Waals surface area contributed by atoms with Gasteiger partial charge in [-0.05, 0) is 19.9 Å². The third-order valence-electron chi connectivity index (χ3n) is 2.00. The zero-order chi connectivity index (χ0) is 10.8. The molecule has 0 unspecified atom stereocenters. The van der Waals surface area contributed by atoms with Gasteiger partial charge in [-0.2, -0.15) is 0 Å². The monoisotopic (exact) mass is 199 g/mol. The van der Waals surface area contributed by atoms with Crippen LogP contribution in [-0.2, 0) is 14.3 Å². The molecule has 0 spiro atoms. The van der Waals surface area contributed by atoms with Gasteiger partial charge in [0.25, 0.3) is 0 Å². The molecule has 78 valence electrons. The van der Waals surface area contributed by atoms with Crippen molar-refractivity contribution in [2.45, 2.75) is 25.5 Å². The van der Waals surface area contributed by atoms with Crippen LogP contribution in [0.2, 0.25) is 0 Å². The van der Waals surface area contributed by atoms with E-state index < -0.39 is 17.7 Å². The number of carbonyl (C=O) groups is 2. The Labute approximate surface area is 81.7 Å². The van der Waals surface area contributed by atoms with Gasteiger partial charge in [0, 0.05) is 12.0 Å². The molecule has 0 aromatic heterocycles. The van der Waals surface area contributed by atoms with E-state index >= 15 is 0 Å². The van der Waals surface area contributed by atoms with Gasteiger partial charge in [-0.1, -0.05) is 6.58 Å². The number of aliphatic hydroxyl groups is 1. The molecule has 5 nitrogen and oxygen atoms in total. The summed E-state index contributed by atoms with van der Waals surface area (Å²) in [6, 6.07) is 0. The highest BCUT2D eigenvalue weighted by atomic mass is 16.6. The predicted octanol–water partition coefficient (Wildman–Crippen LogP) is -0.296. The first kappa shape index (κ1) is 10.9. The van der Waals surface area contributed by atoms with E-state index in [1.807, 2.05) is 0 Å². The van der Waals surface area contributed by atoms with Crippen LogP contribution in [0.15, 0.2) is 12.2 Å². The normalized spacial score (nSPS) is 25.9. The average Bonchev–Trinajstić information content (AvgIpc) is 2.53. The summed E-state index contributed by atoms with van der Waals surface area (Å²) < 4.78 is 4.41. The molecule has 2 N–H and O–H groups in total. The van der Waals surface area contributed by atoms with Crippen molar-refractivity contribution in [3.05, 3.63) is 12.2 Å². The van der Waals surface area contributed by atoms with Gasteiger partial charge in [0.15, 0.2) is 0 Å². The second-order valence-electron chi connectivity index (χ2n) is 3.35. The SMILES string of the molecule is C=C(C)C(=O)OC(=O)[C@]1(O)CCCN1. The molecule has 0 saturated carbocycles. The average molecular weight is 199 g/mol. The number of hydrogen-bond acceptors (Lipinski definition) is 5. The number of rotatable bonds is 2. The lowest BCUT2D eigenvalue weighted by Gasteiger charge is -2.19. The summed E-state index contributed by atoms with van der Waals surface area (Å²) in [5.41, 5.74) is -1.58. The summed E-state index contributed by atoms with van der Waals surface area (Å²) in [6.45, 7) is 5.30. The molecule has 1 atom stereocenters. The molecule has 14 heavy (non-hydrogen) atoms. The second-order valence-corrected chi connectivity index (χ2v) is 3.35. The summed E-state index contributed by atoms with van der Waals surface area (Å²) in [5, 5.41) is 12.2. The third kappa shape index (κ3) is 2.18. The fraction of sp³-hybridized carbons (Fsp3) is 0.556. The fourth-order valence-corrected chi connectivity index (χ4v) is 1.16. The Hall–Kier alpha value is -1.20. The molecule has 0 amide bonds. The molecule has 0 aliphatic carbocycles. The lowest BCUT2D eigenvalue weighted by Crippen LogP contribution is -2.49. The topological polar surface area (TPSA) is 75.6 Å². The van der Waals surface area contributed by atoms with Gasteiger partial charge >= 0.3 is 11.9 Å². The quantitative estimate of drug-likeness (QED) is 0.363. The largest absolute Gasteiger partial charge is 0.386 e. The standard InChI is InChI=1S/C9H13NO4/c1-6(2)7(11)14-8(12)9(13)4-3-5-10-9/h10,13H,1,3-5H2,2H3/t9-/m1/s1. The van der Waals surface area contributed by atoms with Gasteiger partial charge in [0.05, 0.1) is 0 Å². The van der Waals surface area contributed by atoms with Crippen LogP contribution >= 0.6 is 0 Å². The van der Waals surface area contributed by atoms with Crippen LogP contribution in [0.5, 0.6) is 0 Å². The lowest BCUT2D eigenvalue weighted by molar-refractivity contribution is -0.173. The molecule has 0 aromatic carbocycles. The van der Waals surface area contributed by atoms with E-state index in [2.05, 4.69) is 16.6 Å². The first-order valence-electron chi connectivity index (χ1n) is 4.35. The Morgan fingerprint density at radius 2 is 2.21 bits per heavy atom. The van der Waals surface area contributed by atoms with Crippen LogP contribution in [0, 0.1) is 0 Å². The Morgan fingerprint density at radius 1 is 1.57 bits per heavy atom. The molecule has 1 heterocycles. The van der Waals surface area contributed by atoms with Crippen molar-refractivity contribution in [2.24, 2.45) is 0 Å². The van der Waals surface area contributed by atoms with Crippen molar-refractivity contribution >= 4 is 11.9 Å². The summed E-state index contributed by atoms with van der Waals surface area (Å²) in [5.74, 6) is -1.76. The smallest absolute Gasteiger partial charge is 0.361 e. The van der Waals surface area contributed by atoms with Crippen LogP contribution < -0.4 is 5.32 Å². The number of carbonyl (C=O) groups excluding carboxylic acids is 2. The molecule has 0 bridgehead atoms. The molecule has 0 aromatic rings. The van der Waals surface area contributed by atoms with Crippen molar-refractivity contribution < 1.29 is 19.4 Å². The van der Waals surface area contributed by atoms with E-state index in [9.17, 15) is 14.7 Å². The summed E-state index contributed by atoms with van der Waals surface area (Å²) in [6.07, 6.45) is 0.933. The van der Waals surface area contributed by atoms with Gasteiger partial charge in [0.1, 0.15) is 0 Å². The molecule has 1 rings (SSSR count). The van der Waals surface area contributed by atoms with E-state index in [-0.39, 0.29) is 12.0 Å². The van der Waals surface area contributed by atoms with Crippen molar-refractivity contribution in [3.8, 4) is 0 Å². The Balaban J connectivity index is 2.57. The second kappa shape index (κ2) is 3.89. The Bertz CT molecular complexity index is 279. The maximum absolute atomic E-state index is 11.3. The Morgan fingerprint density at radius 3 is 2.64 bits per heavy atom. The Kier molecular flexibility index (Phi) is 3.03. The molecule has 0 radical (unpaired) electrons. The van der Waals surface area contributed by atoms with Crippen molar-refractivity contribution in [1.29, 1.82) is 0 Å². The van der Waals surface area contributed by atoms with Crippen molar-refractivity contribution in [1.82, 2.24) is 5.32 Å².